The van der Waals surface area contributed by atoms with Gasteiger partial charge in [-0.05, 0) is 17.7 Å². The van der Waals surface area contributed by atoms with Crippen molar-refractivity contribution in [1.29, 1.82) is 0 Å². The van der Waals surface area contributed by atoms with Crippen molar-refractivity contribution < 1.29 is 19.4 Å². The number of hydrogen-bond acceptors (Lipinski definition) is 4. The molecule has 0 saturated carbocycles. The van der Waals surface area contributed by atoms with E-state index in [9.17, 15) is 9.90 Å². The van der Waals surface area contributed by atoms with Gasteiger partial charge in [-0.2, -0.15) is 0 Å². The number of aliphatic carboxylic acids is 1. The van der Waals surface area contributed by atoms with E-state index < -0.39 is 18.2 Å². The quantitative estimate of drug-likeness (QED) is 0.812. The Morgan fingerprint density at radius 1 is 0.895 bits per heavy atom. The molecule has 0 N–H and O–H groups in total. The Hall–Kier alpha value is -2.49. The molecule has 0 fully saturated rings. The molecular weight excluding hydrogens is 244 g/mol. The number of hydrogen-bond donors (Lipinski definition) is 0. The first kappa shape index (κ1) is 11.6. The minimum Gasteiger partial charge on any atom is -0.546 e. The normalized spacial score (nSPS) is 20.8. The van der Waals surface area contributed by atoms with Crippen molar-refractivity contribution >= 4 is 5.97 Å². The van der Waals surface area contributed by atoms with E-state index in [1.807, 2.05) is 24.3 Å². The minimum absolute atomic E-state index is 0.420. The van der Waals surface area contributed by atoms with E-state index in [0.717, 1.165) is 5.56 Å². The van der Waals surface area contributed by atoms with Crippen LogP contribution in [-0.4, -0.2) is 12.1 Å². The summed E-state index contributed by atoms with van der Waals surface area (Å²) in [5.74, 6) is -0.332. The fraction of sp³-hybridized carbons (Fsp3) is 0.133. The predicted molar refractivity (Wildman–Crippen MR) is 65.7 cm³/mol. The molecule has 0 aliphatic carbocycles. The molecule has 3 rings (SSSR count). The summed E-state index contributed by atoms with van der Waals surface area (Å²) >= 11 is 0. The summed E-state index contributed by atoms with van der Waals surface area (Å²) in [6.07, 6.45) is -1.86. The lowest BCUT2D eigenvalue weighted by Crippen LogP contribution is -2.47. The molecular formula is C15H11O4-. The zero-order valence-electron chi connectivity index (χ0n) is 9.98. The molecule has 1 aliphatic heterocycles. The number of para-hydroxylation sites is 2. The first-order valence-corrected chi connectivity index (χ1v) is 5.94. The molecule has 2 atom stereocenters. The van der Waals surface area contributed by atoms with Crippen molar-refractivity contribution in [3.8, 4) is 11.5 Å². The minimum atomic E-state index is -1.29. The van der Waals surface area contributed by atoms with Gasteiger partial charge < -0.3 is 19.4 Å². The van der Waals surface area contributed by atoms with E-state index in [1.54, 1.807) is 30.3 Å². The number of carboxylic acid groups (broad SMARTS) is 1. The average Bonchev–Trinajstić information content (AvgIpc) is 2.46. The van der Waals surface area contributed by atoms with E-state index in [0.29, 0.717) is 11.5 Å². The van der Waals surface area contributed by atoms with Gasteiger partial charge in [0.05, 0.1) is 5.97 Å². The Kier molecular flexibility index (Phi) is 2.83. The average molecular weight is 255 g/mol. The molecule has 2 unspecified atom stereocenters. The number of carbonyl (C=O) groups excluding carboxylic acids is 1. The van der Waals surface area contributed by atoms with Crippen LogP contribution >= 0.6 is 0 Å². The van der Waals surface area contributed by atoms with Gasteiger partial charge in [0.25, 0.3) is 0 Å². The summed E-state index contributed by atoms with van der Waals surface area (Å²) in [5, 5.41) is 11.2. The van der Waals surface area contributed by atoms with E-state index in [4.69, 9.17) is 9.47 Å². The van der Waals surface area contributed by atoms with Gasteiger partial charge in [0.15, 0.2) is 23.7 Å². The van der Waals surface area contributed by atoms with Crippen LogP contribution < -0.4 is 14.6 Å². The molecule has 4 heteroatoms. The summed E-state index contributed by atoms with van der Waals surface area (Å²) in [6.45, 7) is 0. The maximum Gasteiger partial charge on any atom is 0.179 e. The van der Waals surface area contributed by atoms with Gasteiger partial charge in [-0.15, -0.1) is 0 Å². The smallest absolute Gasteiger partial charge is 0.179 e. The molecule has 0 saturated heterocycles. The Balaban J connectivity index is 2.01. The molecule has 96 valence electrons. The van der Waals surface area contributed by atoms with Gasteiger partial charge in [-0.25, -0.2) is 0 Å². The highest BCUT2D eigenvalue weighted by Crippen LogP contribution is 2.38. The Morgan fingerprint density at radius 2 is 1.47 bits per heavy atom. The Morgan fingerprint density at radius 3 is 2.11 bits per heavy atom. The second-order valence-electron chi connectivity index (χ2n) is 4.25. The van der Waals surface area contributed by atoms with Crippen molar-refractivity contribution in [2.24, 2.45) is 0 Å². The van der Waals surface area contributed by atoms with Crippen LogP contribution in [0.25, 0.3) is 0 Å². The second-order valence-corrected chi connectivity index (χ2v) is 4.25. The van der Waals surface area contributed by atoms with Crippen LogP contribution in [0.2, 0.25) is 0 Å². The predicted octanol–water partition coefficient (Wildman–Crippen LogP) is 1.32. The number of rotatable bonds is 2. The largest absolute Gasteiger partial charge is 0.546 e. The fourth-order valence-electron chi connectivity index (χ4n) is 2.10. The molecule has 0 spiro atoms. The zero-order chi connectivity index (χ0) is 13.2. The van der Waals surface area contributed by atoms with Gasteiger partial charge in [0.1, 0.15) is 0 Å². The van der Waals surface area contributed by atoms with Crippen LogP contribution in [0.3, 0.4) is 0 Å². The van der Waals surface area contributed by atoms with E-state index >= 15 is 0 Å². The third-order valence-electron chi connectivity index (χ3n) is 2.99. The van der Waals surface area contributed by atoms with E-state index in [-0.39, 0.29) is 0 Å². The lowest BCUT2D eigenvalue weighted by molar-refractivity contribution is -0.317. The van der Waals surface area contributed by atoms with Gasteiger partial charge in [0.2, 0.25) is 0 Å². The molecule has 1 aliphatic rings. The monoisotopic (exact) mass is 255 g/mol. The molecule has 1 heterocycles. The number of benzene rings is 2. The van der Waals surface area contributed by atoms with Gasteiger partial charge in [-0.1, -0.05) is 42.5 Å². The van der Waals surface area contributed by atoms with Gasteiger partial charge in [-0.3, -0.25) is 0 Å². The zero-order valence-corrected chi connectivity index (χ0v) is 9.98. The molecule has 4 nitrogen and oxygen atoms in total. The molecule has 2 aromatic carbocycles. The number of carboxylic acids is 1. The highest BCUT2D eigenvalue weighted by atomic mass is 16.6. The second kappa shape index (κ2) is 4.65. The molecule has 0 bridgehead atoms. The van der Waals surface area contributed by atoms with Crippen molar-refractivity contribution in [2.45, 2.75) is 12.2 Å². The number of carbonyl (C=O) groups is 1. The maximum absolute atomic E-state index is 11.2. The van der Waals surface area contributed by atoms with Crippen LogP contribution in [0.1, 0.15) is 11.7 Å². The maximum atomic E-state index is 11.2. The lowest BCUT2D eigenvalue weighted by Gasteiger charge is -2.34. The summed E-state index contributed by atoms with van der Waals surface area (Å²) in [5.41, 5.74) is 0.742. The molecule has 0 radical (unpaired) electrons. The van der Waals surface area contributed by atoms with Crippen molar-refractivity contribution in [3.63, 3.8) is 0 Å². The van der Waals surface area contributed by atoms with E-state index in [2.05, 4.69) is 0 Å². The van der Waals surface area contributed by atoms with Crippen LogP contribution in [0, 0.1) is 0 Å². The first-order valence-electron chi connectivity index (χ1n) is 5.94. The molecule has 2 aromatic rings. The SMILES string of the molecule is O=C([O-])C1Oc2ccccc2OC1c1ccccc1. The third-order valence-corrected chi connectivity index (χ3v) is 2.99. The standard InChI is InChI=1S/C15H12O4/c16-15(17)14-13(10-6-2-1-3-7-10)18-11-8-4-5-9-12(11)19-14/h1-9,13-14H,(H,16,17)/p-1. The van der Waals surface area contributed by atoms with Crippen LogP contribution in [0.5, 0.6) is 11.5 Å². The topological polar surface area (TPSA) is 58.6 Å². The van der Waals surface area contributed by atoms with E-state index in [1.165, 1.54) is 0 Å². The number of ether oxygens (including phenoxy) is 2. The van der Waals surface area contributed by atoms with Crippen LogP contribution in [0.4, 0.5) is 0 Å². The Labute approximate surface area is 110 Å². The summed E-state index contributed by atoms with van der Waals surface area (Å²) in [7, 11) is 0. The Bertz CT molecular complexity index is 594. The first-order chi connectivity index (χ1) is 9.25. The van der Waals surface area contributed by atoms with Crippen LogP contribution in [-0.2, 0) is 4.79 Å². The van der Waals surface area contributed by atoms with Gasteiger partial charge >= 0.3 is 0 Å². The van der Waals surface area contributed by atoms with Crippen molar-refractivity contribution in [1.82, 2.24) is 0 Å². The van der Waals surface area contributed by atoms with Crippen LogP contribution in [0.15, 0.2) is 54.6 Å². The highest BCUT2D eigenvalue weighted by molar-refractivity contribution is 5.72. The summed E-state index contributed by atoms with van der Waals surface area (Å²) < 4.78 is 11.2. The highest BCUT2D eigenvalue weighted by Gasteiger charge is 2.33. The fourth-order valence-corrected chi connectivity index (χ4v) is 2.10. The van der Waals surface area contributed by atoms with Crippen molar-refractivity contribution in [2.75, 3.05) is 0 Å². The summed E-state index contributed by atoms with van der Waals surface area (Å²) in [4.78, 5) is 11.2. The molecule has 0 aromatic heterocycles. The third kappa shape index (κ3) is 2.12. The van der Waals surface area contributed by atoms with Crippen molar-refractivity contribution in [3.05, 3.63) is 60.2 Å². The van der Waals surface area contributed by atoms with Gasteiger partial charge in [0, 0.05) is 0 Å². The summed E-state index contributed by atoms with van der Waals surface area (Å²) in [6, 6.07) is 16.1. The molecule has 0 amide bonds. The lowest BCUT2D eigenvalue weighted by atomic mass is 10.0. The number of fused-ring (bicyclic) bond motifs is 1. The molecule has 19 heavy (non-hydrogen) atoms.